The standard InChI is InChI=1S/C17H22ClNO/c1-4-8-19-17(15-7-9-20-13(15)3)11-14-6-5-12(2)10-16(14)18/h5-7,9-10,17,19H,4,8,11H2,1-3H3. The summed E-state index contributed by atoms with van der Waals surface area (Å²) in [5.41, 5.74) is 3.58. The molecule has 3 heteroatoms. The minimum Gasteiger partial charge on any atom is -0.469 e. The quantitative estimate of drug-likeness (QED) is 0.824. The summed E-state index contributed by atoms with van der Waals surface area (Å²) in [6.07, 6.45) is 3.73. The van der Waals surface area contributed by atoms with Gasteiger partial charge in [-0.1, -0.05) is 30.7 Å². The highest BCUT2D eigenvalue weighted by molar-refractivity contribution is 6.31. The molecular weight excluding hydrogens is 270 g/mol. The topological polar surface area (TPSA) is 25.2 Å². The van der Waals surface area contributed by atoms with Crippen molar-refractivity contribution in [2.24, 2.45) is 0 Å². The zero-order valence-corrected chi connectivity index (χ0v) is 13.1. The Morgan fingerprint density at radius 2 is 2.05 bits per heavy atom. The average molecular weight is 292 g/mol. The molecule has 1 aromatic heterocycles. The van der Waals surface area contributed by atoms with E-state index in [2.05, 4.69) is 31.3 Å². The van der Waals surface area contributed by atoms with Gasteiger partial charge in [0.05, 0.1) is 6.26 Å². The number of halogens is 1. The van der Waals surface area contributed by atoms with Crippen LogP contribution in [0.3, 0.4) is 0 Å². The fourth-order valence-electron chi connectivity index (χ4n) is 2.40. The van der Waals surface area contributed by atoms with E-state index in [9.17, 15) is 0 Å². The third kappa shape index (κ3) is 3.65. The molecule has 0 radical (unpaired) electrons. The van der Waals surface area contributed by atoms with Crippen LogP contribution in [0.25, 0.3) is 0 Å². The van der Waals surface area contributed by atoms with E-state index in [1.165, 1.54) is 16.7 Å². The zero-order chi connectivity index (χ0) is 14.5. The van der Waals surface area contributed by atoms with Gasteiger partial charge in [0.25, 0.3) is 0 Å². The van der Waals surface area contributed by atoms with Crippen molar-refractivity contribution in [2.75, 3.05) is 6.54 Å². The molecule has 0 saturated carbocycles. The first-order valence-electron chi connectivity index (χ1n) is 7.14. The van der Waals surface area contributed by atoms with Gasteiger partial charge in [-0.05, 0) is 56.5 Å². The van der Waals surface area contributed by atoms with Crippen molar-refractivity contribution in [3.05, 3.63) is 58.0 Å². The van der Waals surface area contributed by atoms with Crippen molar-refractivity contribution in [3.8, 4) is 0 Å². The summed E-state index contributed by atoms with van der Waals surface area (Å²) in [4.78, 5) is 0. The third-order valence-electron chi connectivity index (χ3n) is 3.55. The van der Waals surface area contributed by atoms with Crippen molar-refractivity contribution in [2.45, 2.75) is 39.7 Å². The average Bonchev–Trinajstić information content (AvgIpc) is 2.83. The van der Waals surface area contributed by atoms with Crippen LogP contribution in [0.5, 0.6) is 0 Å². The molecule has 1 unspecified atom stereocenters. The summed E-state index contributed by atoms with van der Waals surface area (Å²) in [6.45, 7) is 7.22. The summed E-state index contributed by atoms with van der Waals surface area (Å²) in [6, 6.07) is 8.54. The molecule has 0 bridgehead atoms. The van der Waals surface area contributed by atoms with Crippen LogP contribution in [0.4, 0.5) is 0 Å². The molecule has 20 heavy (non-hydrogen) atoms. The van der Waals surface area contributed by atoms with Gasteiger partial charge in [-0.25, -0.2) is 0 Å². The molecular formula is C17H22ClNO. The Labute approximate surface area is 126 Å². The number of furan rings is 1. The van der Waals surface area contributed by atoms with Gasteiger partial charge in [-0.15, -0.1) is 0 Å². The Bertz CT molecular complexity index is 562. The maximum atomic E-state index is 6.36. The van der Waals surface area contributed by atoms with Crippen molar-refractivity contribution in [1.29, 1.82) is 0 Å². The van der Waals surface area contributed by atoms with Gasteiger partial charge in [0.1, 0.15) is 5.76 Å². The molecule has 0 saturated heterocycles. The van der Waals surface area contributed by atoms with E-state index in [0.29, 0.717) is 0 Å². The van der Waals surface area contributed by atoms with E-state index in [-0.39, 0.29) is 6.04 Å². The Morgan fingerprint density at radius 3 is 2.65 bits per heavy atom. The molecule has 0 aliphatic heterocycles. The first-order chi connectivity index (χ1) is 9.61. The molecule has 0 aliphatic rings. The molecule has 1 atom stereocenters. The van der Waals surface area contributed by atoms with E-state index in [0.717, 1.165) is 30.2 Å². The van der Waals surface area contributed by atoms with Crippen molar-refractivity contribution >= 4 is 11.6 Å². The molecule has 1 N–H and O–H groups in total. The lowest BCUT2D eigenvalue weighted by Gasteiger charge is -2.19. The molecule has 2 rings (SSSR count). The highest BCUT2D eigenvalue weighted by Crippen LogP contribution is 2.26. The van der Waals surface area contributed by atoms with Crippen LogP contribution in [0.15, 0.2) is 34.9 Å². The molecule has 2 aromatic rings. The van der Waals surface area contributed by atoms with Gasteiger partial charge >= 0.3 is 0 Å². The van der Waals surface area contributed by atoms with Crippen LogP contribution < -0.4 is 5.32 Å². The van der Waals surface area contributed by atoms with E-state index in [1.807, 2.05) is 19.1 Å². The summed E-state index contributed by atoms with van der Waals surface area (Å²) in [5.74, 6) is 0.974. The first kappa shape index (κ1) is 15.1. The summed E-state index contributed by atoms with van der Waals surface area (Å²) >= 11 is 6.36. The van der Waals surface area contributed by atoms with Crippen LogP contribution in [0, 0.1) is 13.8 Å². The number of hydrogen-bond donors (Lipinski definition) is 1. The maximum Gasteiger partial charge on any atom is 0.105 e. The molecule has 0 aliphatic carbocycles. The van der Waals surface area contributed by atoms with E-state index < -0.39 is 0 Å². The second-order valence-corrected chi connectivity index (χ2v) is 5.65. The van der Waals surface area contributed by atoms with Gasteiger partial charge in [-0.3, -0.25) is 0 Å². The number of aryl methyl sites for hydroxylation is 2. The lowest BCUT2D eigenvalue weighted by molar-refractivity contribution is 0.494. The summed E-state index contributed by atoms with van der Waals surface area (Å²) in [7, 11) is 0. The molecule has 1 heterocycles. The van der Waals surface area contributed by atoms with Crippen LogP contribution in [-0.2, 0) is 6.42 Å². The number of nitrogens with one attached hydrogen (secondary N) is 1. The normalized spacial score (nSPS) is 12.6. The minimum atomic E-state index is 0.244. The van der Waals surface area contributed by atoms with Crippen molar-refractivity contribution < 1.29 is 4.42 Å². The third-order valence-corrected chi connectivity index (χ3v) is 3.90. The highest BCUT2D eigenvalue weighted by atomic mass is 35.5. The lowest BCUT2D eigenvalue weighted by atomic mass is 9.98. The van der Waals surface area contributed by atoms with Gasteiger partial charge in [0.15, 0.2) is 0 Å². The SMILES string of the molecule is CCCNC(Cc1ccc(C)cc1Cl)c1ccoc1C. The largest absolute Gasteiger partial charge is 0.469 e. The summed E-state index contributed by atoms with van der Waals surface area (Å²) in [5, 5.41) is 4.43. The van der Waals surface area contributed by atoms with Gasteiger partial charge in [0.2, 0.25) is 0 Å². The van der Waals surface area contributed by atoms with Crippen molar-refractivity contribution in [1.82, 2.24) is 5.32 Å². The maximum absolute atomic E-state index is 6.36. The second-order valence-electron chi connectivity index (χ2n) is 5.24. The number of rotatable bonds is 6. The Morgan fingerprint density at radius 1 is 1.25 bits per heavy atom. The second kappa shape index (κ2) is 6.96. The molecule has 0 amide bonds. The molecule has 2 nitrogen and oxygen atoms in total. The minimum absolute atomic E-state index is 0.244. The highest BCUT2D eigenvalue weighted by Gasteiger charge is 2.17. The predicted molar refractivity (Wildman–Crippen MR) is 84.4 cm³/mol. The van der Waals surface area contributed by atoms with E-state index in [4.69, 9.17) is 16.0 Å². The van der Waals surface area contributed by atoms with Gasteiger partial charge < -0.3 is 9.73 Å². The summed E-state index contributed by atoms with van der Waals surface area (Å²) < 4.78 is 5.44. The molecule has 0 fully saturated rings. The molecule has 0 spiro atoms. The number of hydrogen-bond acceptors (Lipinski definition) is 2. The van der Waals surface area contributed by atoms with Crippen molar-refractivity contribution in [3.63, 3.8) is 0 Å². The van der Waals surface area contributed by atoms with Crippen LogP contribution >= 0.6 is 11.6 Å². The first-order valence-corrected chi connectivity index (χ1v) is 7.52. The monoisotopic (exact) mass is 291 g/mol. The lowest BCUT2D eigenvalue weighted by Crippen LogP contribution is -2.24. The fourth-order valence-corrected chi connectivity index (χ4v) is 2.72. The smallest absolute Gasteiger partial charge is 0.105 e. The Balaban J connectivity index is 2.21. The van der Waals surface area contributed by atoms with E-state index >= 15 is 0 Å². The number of benzene rings is 1. The van der Waals surface area contributed by atoms with Gasteiger partial charge in [-0.2, -0.15) is 0 Å². The molecule has 108 valence electrons. The zero-order valence-electron chi connectivity index (χ0n) is 12.4. The predicted octanol–water partition coefficient (Wildman–Crippen LogP) is 4.83. The fraction of sp³-hybridized carbons (Fsp3) is 0.412. The van der Waals surface area contributed by atoms with E-state index in [1.54, 1.807) is 6.26 Å². The Kier molecular flexibility index (Phi) is 5.27. The van der Waals surface area contributed by atoms with Gasteiger partial charge in [0, 0.05) is 16.6 Å². The van der Waals surface area contributed by atoms with Crippen LogP contribution in [-0.4, -0.2) is 6.54 Å². The van der Waals surface area contributed by atoms with Crippen LogP contribution in [0.2, 0.25) is 5.02 Å². The molecule has 1 aromatic carbocycles. The van der Waals surface area contributed by atoms with Crippen LogP contribution in [0.1, 0.15) is 41.8 Å². The Hall–Kier alpha value is -1.25.